The maximum Gasteiger partial charge on any atom is 0.116 e. The molecule has 2 nitrogen and oxygen atoms in total. The molecule has 1 heterocycles. The van der Waals surface area contributed by atoms with Crippen molar-refractivity contribution in [3.05, 3.63) is 0 Å². The van der Waals surface area contributed by atoms with Gasteiger partial charge in [-0.3, -0.25) is 5.32 Å². The normalized spacial score (nSPS) is 38.2. The van der Waals surface area contributed by atoms with Crippen LogP contribution in [0.1, 0.15) is 20.3 Å². The molecule has 0 aromatic heterocycles. The van der Waals surface area contributed by atoms with E-state index in [-0.39, 0.29) is 5.72 Å². The lowest BCUT2D eigenvalue weighted by Crippen LogP contribution is -2.36. The Morgan fingerprint density at radius 3 is 2.75 bits per heavy atom. The minimum atomic E-state index is -0.0139. The molecule has 1 atom stereocenters. The third-order valence-corrected chi connectivity index (χ3v) is 1.70. The fraction of sp³-hybridized carbons (Fsp3) is 1.00. The summed E-state index contributed by atoms with van der Waals surface area (Å²) in [5.41, 5.74) is -0.0139. The number of rotatable bonds is 1. The Labute approximate surface area is 50.2 Å². The number of hydrogen-bond donors (Lipinski definition) is 1. The summed E-state index contributed by atoms with van der Waals surface area (Å²) in [7, 11) is 0. The topological polar surface area (TPSA) is 21.3 Å². The predicted molar refractivity (Wildman–Crippen MR) is 32.7 cm³/mol. The van der Waals surface area contributed by atoms with Crippen LogP contribution >= 0.6 is 0 Å². The highest BCUT2D eigenvalue weighted by Gasteiger charge is 2.25. The minimum absolute atomic E-state index is 0.0139. The van der Waals surface area contributed by atoms with Gasteiger partial charge >= 0.3 is 0 Å². The van der Waals surface area contributed by atoms with Crippen molar-refractivity contribution in [3.63, 3.8) is 0 Å². The van der Waals surface area contributed by atoms with Crippen molar-refractivity contribution in [1.82, 2.24) is 5.32 Å². The third kappa shape index (κ3) is 1.01. The Morgan fingerprint density at radius 2 is 2.50 bits per heavy atom. The molecule has 1 aliphatic rings. The van der Waals surface area contributed by atoms with Gasteiger partial charge in [-0.25, -0.2) is 0 Å². The van der Waals surface area contributed by atoms with E-state index >= 15 is 0 Å². The summed E-state index contributed by atoms with van der Waals surface area (Å²) in [6, 6.07) is 0. The summed E-state index contributed by atoms with van der Waals surface area (Å²) in [4.78, 5) is 0. The lowest BCUT2D eigenvalue weighted by atomic mass is 10.2. The molecule has 0 aliphatic carbocycles. The largest absolute Gasteiger partial charge is 0.360 e. The third-order valence-electron chi connectivity index (χ3n) is 1.70. The molecule has 0 amide bonds. The van der Waals surface area contributed by atoms with Gasteiger partial charge in [0.05, 0.1) is 6.61 Å². The molecule has 8 heavy (non-hydrogen) atoms. The van der Waals surface area contributed by atoms with Gasteiger partial charge in [-0.15, -0.1) is 0 Å². The molecule has 0 radical (unpaired) electrons. The first kappa shape index (κ1) is 6.05. The first-order valence-corrected chi connectivity index (χ1v) is 3.16. The zero-order chi connectivity index (χ0) is 6.04. The van der Waals surface area contributed by atoms with Gasteiger partial charge in [0, 0.05) is 6.54 Å². The van der Waals surface area contributed by atoms with Crippen LogP contribution in [-0.2, 0) is 4.74 Å². The van der Waals surface area contributed by atoms with Gasteiger partial charge in [0.1, 0.15) is 5.72 Å². The Morgan fingerprint density at radius 1 is 1.75 bits per heavy atom. The summed E-state index contributed by atoms with van der Waals surface area (Å²) >= 11 is 0. The van der Waals surface area contributed by atoms with E-state index in [0.29, 0.717) is 0 Å². The second kappa shape index (κ2) is 2.03. The van der Waals surface area contributed by atoms with E-state index in [1.165, 1.54) is 0 Å². The van der Waals surface area contributed by atoms with Gasteiger partial charge < -0.3 is 4.74 Å². The maximum atomic E-state index is 5.38. The van der Waals surface area contributed by atoms with Crippen molar-refractivity contribution in [1.29, 1.82) is 0 Å². The van der Waals surface area contributed by atoms with Crippen LogP contribution in [0, 0.1) is 0 Å². The van der Waals surface area contributed by atoms with Gasteiger partial charge in [-0.05, 0) is 13.3 Å². The maximum absolute atomic E-state index is 5.38. The van der Waals surface area contributed by atoms with Crippen molar-refractivity contribution >= 4 is 0 Å². The Bertz CT molecular complexity index is 76.6. The molecule has 1 fully saturated rings. The van der Waals surface area contributed by atoms with Crippen molar-refractivity contribution < 1.29 is 4.74 Å². The van der Waals surface area contributed by atoms with Crippen LogP contribution in [0.15, 0.2) is 0 Å². The molecule has 1 saturated heterocycles. The molecule has 0 aromatic carbocycles. The van der Waals surface area contributed by atoms with E-state index in [1.54, 1.807) is 0 Å². The van der Waals surface area contributed by atoms with Crippen LogP contribution in [0.2, 0.25) is 0 Å². The first-order chi connectivity index (χ1) is 3.77. The van der Waals surface area contributed by atoms with Crippen molar-refractivity contribution in [2.45, 2.75) is 26.0 Å². The SMILES string of the molecule is CC[C@@]1(C)NCCO1. The molecule has 1 N–H and O–H groups in total. The Balaban J connectivity index is 2.40. The number of nitrogens with one attached hydrogen (secondary N) is 1. The smallest absolute Gasteiger partial charge is 0.116 e. The molecular weight excluding hydrogens is 102 g/mol. The van der Waals surface area contributed by atoms with E-state index in [2.05, 4.69) is 19.2 Å². The molecule has 0 saturated carbocycles. The fourth-order valence-corrected chi connectivity index (χ4v) is 0.870. The number of hydrogen-bond acceptors (Lipinski definition) is 2. The lowest BCUT2D eigenvalue weighted by molar-refractivity contribution is 0.00354. The second-order valence-electron chi connectivity index (χ2n) is 2.36. The molecule has 0 spiro atoms. The van der Waals surface area contributed by atoms with Crippen LogP contribution in [0.4, 0.5) is 0 Å². The van der Waals surface area contributed by atoms with E-state index in [1.807, 2.05) is 0 Å². The average Bonchev–Trinajstić information content (AvgIpc) is 2.17. The standard InChI is InChI=1S/C6H13NO/c1-3-6(2)7-4-5-8-6/h7H,3-5H2,1-2H3/t6-/m0/s1. The molecule has 2 heteroatoms. The van der Waals surface area contributed by atoms with Gasteiger partial charge in [0.2, 0.25) is 0 Å². The summed E-state index contributed by atoms with van der Waals surface area (Å²) in [5, 5.41) is 3.26. The molecule has 0 bridgehead atoms. The molecule has 48 valence electrons. The van der Waals surface area contributed by atoms with Crippen molar-refractivity contribution in [2.24, 2.45) is 0 Å². The highest BCUT2D eigenvalue weighted by molar-refractivity contribution is 4.74. The summed E-state index contributed by atoms with van der Waals surface area (Å²) in [6.07, 6.45) is 1.05. The Kier molecular flexibility index (Phi) is 1.54. The van der Waals surface area contributed by atoms with Crippen LogP contribution in [0.5, 0.6) is 0 Å². The average molecular weight is 115 g/mol. The summed E-state index contributed by atoms with van der Waals surface area (Å²) in [5.74, 6) is 0. The zero-order valence-electron chi connectivity index (χ0n) is 5.53. The fourth-order valence-electron chi connectivity index (χ4n) is 0.870. The second-order valence-corrected chi connectivity index (χ2v) is 2.36. The summed E-state index contributed by atoms with van der Waals surface area (Å²) in [6.45, 7) is 6.08. The van der Waals surface area contributed by atoms with Crippen LogP contribution < -0.4 is 5.32 Å². The Hall–Kier alpha value is -0.0800. The molecule has 1 rings (SSSR count). The van der Waals surface area contributed by atoms with E-state index in [4.69, 9.17) is 4.74 Å². The molecule has 1 aliphatic heterocycles. The minimum Gasteiger partial charge on any atom is -0.360 e. The van der Waals surface area contributed by atoms with Crippen LogP contribution in [-0.4, -0.2) is 18.9 Å². The van der Waals surface area contributed by atoms with Crippen molar-refractivity contribution in [3.8, 4) is 0 Å². The lowest BCUT2D eigenvalue weighted by Gasteiger charge is -2.20. The first-order valence-electron chi connectivity index (χ1n) is 3.16. The molecule has 0 aromatic rings. The monoisotopic (exact) mass is 115 g/mol. The van der Waals surface area contributed by atoms with E-state index in [9.17, 15) is 0 Å². The van der Waals surface area contributed by atoms with Crippen molar-refractivity contribution in [2.75, 3.05) is 13.2 Å². The highest BCUT2D eigenvalue weighted by atomic mass is 16.5. The van der Waals surface area contributed by atoms with E-state index in [0.717, 1.165) is 19.6 Å². The van der Waals surface area contributed by atoms with Crippen LogP contribution in [0.3, 0.4) is 0 Å². The molecule has 0 unspecified atom stereocenters. The van der Waals surface area contributed by atoms with E-state index < -0.39 is 0 Å². The quantitative estimate of drug-likeness (QED) is 0.544. The van der Waals surface area contributed by atoms with Crippen LogP contribution in [0.25, 0.3) is 0 Å². The zero-order valence-corrected chi connectivity index (χ0v) is 5.53. The van der Waals surface area contributed by atoms with Gasteiger partial charge in [0.25, 0.3) is 0 Å². The highest BCUT2D eigenvalue weighted by Crippen LogP contribution is 2.14. The van der Waals surface area contributed by atoms with Gasteiger partial charge in [0.15, 0.2) is 0 Å². The number of ether oxygens (including phenoxy) is 1. The molecular formula is C6H13NO. The summed E-state index contributed by atoms with van der Waals surface area (Å²) < 4.78 is 5.38. The predicted octanol–water partition coefficient (Wildman–Crippen LogP) is 0.732. The van der Waals surface area contributed by atoms with Gasteiger partial charge in [-0.1, -0.05) is 6.92 Å². The van der Waals surface area contributed by atoms with Gasteiger partial charge in [-0.2, -0.15) is 0 Å².